The second-order valence-corrected chi connectivity index (χ2v) is 8.34. The zero-order valence-corrected chi connectivity index (χ0v) is 17.4. The van der Waals surface area contributed by atoms with Crippen LogP contribution in [0.3, 0.4) is 0 Å². The topological polar surface area (TPSA) is 59.8 Å². The summed E-state index contributed by atoms with van der Waals surface area (Å²) in [5.41, 5.74) is 2.26. The van der Waals surface area contributed by atoms with Crippen LogP contribution in [0.25, 0.3) is 11.4 Å². The van der Waals surface area contributed by atoms with Crippen LogP contribution in [0, 0.1) is 12.8 Å². The van der Waals surface area contributed by atoms with Gasteiger partial charge in [0, 0.05) is 18.2 Å². The standard InChI is InChI=1S/C21H30N4OS/c1-4-16-9-11-18(12-10-16)22-19(26)14-27-21-24-23-20(25(21)5-2)17-8-6-7-15(3)13-17/h6-8,13,16,18H,4-5,9-12,14H2,1-3H3,(H,22,26). The van der Waals surface area contributed by atoms with Crippen LogP contribution >= 0.6 is 11.8 Å². The second kappa shape index (κ2) is 9.40. The number of hydrogen-bond acceptors (Lipinski definition) is 4. The van der Waals surface area contributed by atoms with E-state index < -0.39 is 0 Å². The molecule has 1 saturated carbocycles. The molecule has 0 atom stereocenters. The Balaban J connectivity index is 1.57. The van der Waals surface area contributed by atoms with Gasteiger partial charge >= 0.3 is 0 Å². The minimum absolute atomic E-state index is 0.0997. The summed E-state index contributed by atoms with van der Waals surface area (Å²) in [6.45, 7) is 7.19. The van der Waals surface area contributed by atoms with Gasteiger partial charge in [-0.15, -0.1) is 10.2 Å². The number of carbonyl (C=O) groups is 1. The summed E-state index contributed by atoms with van der Waals surface area (Å²) in [6.07, 6.45) is 5.94. The average molecular weight is 387 g/mol. The van der Waals surface area contributed by atoms with Crippen LogP contribution in [0.5, 0.6) is 0 Å². The zero-order chi connectivity index (χ0) is 19.2. The smallest absolute Gasteiger partial charge is 0.230 e. The van der Waals surface area contributed by atoms with E-state index in [0.29, 0.717) is 11.8 Å². The van der Waals surface area contributed by atoms with Crippen LogP contribution in [-0.4, -0.2) is 32.5 Å². The molecule has 146 valence electrons. The van der Waals surface area contributed by atoms with Gasteiger partial charge in [0.2, 0.25) is 5.91 Å². The minimum Gasteiger partial charge on any atom is -0.353 e. The van der Waals surface area contributed by atoms with Crippen molar-refractivity contribution >= 4 is 17.7 Å². The first-order valence-corrected chi connectivity index (χ1v) is 11.0. The summed E-state index contributed by atoms with van der Waals surface area (Å²) in [5.74, 6) is 2.19. The van der Waals surface area contributed by atoms with E-state index in [1.807, 2.05) is 6.07 Å². The number of hydrogen-bond donors (Lipinski definition) is 1. The maximum Gasteiger partial charge on any atom is 0.230 e. The number of benzene rings is 1. The van der Waals surface area contributed by atoms with Crippen LogP contribution in [0.2, 0.25) is 0 Å². The van der Waals surface area contributed by atoms with E-state index in [0.717, 1.165) is 41.8 Å². The summed E-state index contributed by atoms with van der Waals surface area (Å²) in [6, 6.07) is 8.62. The molecule has 0 unspecified atom stereocenters. The molecule has 0 saturated heterocycles. The van der Waals surface area contributed by atoms with E-state index >= 15 is 0 Å². The molecular formula is C21H30N4OS. The predicted octanol–water partition coefficient (Wildman–Crippen LogP) is 4.45. The summed E-state index contributed by atoms with van der Waals surface area (Å²) >= 11 is 1.47. The van der Waals surface area contributed by atoms with Crippen LogP contribution in [0.15, 0.2) is 29.4 Å². The third kappa shape index (κ3) is 5.12. The van der Waals surface area contributed by atoms with Gasteiger partial charge in [0.15, 0.2) is 11.0 Å². The fraction of sp³-hybridized carbons (Fsp3) is 0.571. The summed E-state index contributed by atoms with van der Waals surface area (Å²) < 4.78 is 2.08. The molecule has 3 rings (SSSR count). The monoisotopic (exact) mass is 386 g/mol. The minimum atomic E-state index is 0.0997. The van der Waals surface area contributed by atoms with E-state index in [4.69, 9.17) is 0 Å². The third-order valence-electron chi connectivity index (χ3n) is 5.43. The third-order valence-corrected chi connectivity index (χ3v) is 6.40. The van der Waals surface area contributed by atoms with Crippen molar-refractivity contribution in [2.24, 2.45) is 5.92 Å². The van der Waals surface area contributed by atoms with Crippen molar-refractivity contribution in [1.29, 1.82) is 0 Å². The highest BCUT2D eigenvalue weighted by atomic mass is 32.2. The molecule has 5 nitrogen and oxygen atoms in total. The Morgan fingerprint density at radius 2 is 2.00 bits per heavy atom. The lowest BCUT2D eigenvalue weighted by molar-refractivity contribution is -0.119. The van der Waals surface area contributed by atoms with Gasteiger partial charge in [0.25, 0.3) is 0 Å². The molecule has 0 radical (unpaired) electrons. The summed E-state index contributed by atoms with van der Waals surface area (Å²) in [4.78, 5) is 12.4. The van der Waals surface area contributed by atoms with Gasteiger partial charge in [-0.1, -0.05) is 48.9 Å². The van der Waals surface area contributed by atoms with Crippen molar-refractivity contribution in [1.82, 2.24) is 20.1 Å². The quantitative estimate of drug-likeness (QED) is 0.714. The van der Waals surface area contributed by atoms with E-state index in [9.17, 15) is 4.79 Å². The number of aromatic nitrogens is 3. The first kappa shape index (κ1) is 19.9. The van der Waals surface area contributed by atoms with Crippen LogP contribution in [-0.2, 0) is 11.3 Å². The van der Waals surface area contributed by atoms with Crippen molar-refractivity contribution in [2.45, 2.75) is 70.6 Å². The molecule has 27 heavy (non-hydrogen) atoms. The molecule has 1 fully saturated rings. The normalized spacial score (nSPS) is 19.8. The fourth-order valence-corrected chi connectivity index (χ4v) is 4.61. The number of carbonyl (C=O) groups excluding carboxylic acids is 1. The molecule has 0 bridgehead atoms. The molecule has 1 aromatic heterocycles. The van der Waals surface area contributed by atoms with Crippen LogP contribution in [0.4, 0.5) is 0 Å². The summed E-state index contributed by atoms with van der Waals surface area (Å²) in [5, 5.41) is 12.7. The van der Waals surface area contributed by atoms with E-state index in [-0.39, 0.29) is 5.91 Å². The van der Waals surface area contributed by atoms with Gasteiger partial charge in [-0.3, -0.25) is 4.79 Å². The Labute approximate surface area is 166 Å². The van der Waals surface area contributed by atoms with Crippen LogP contribution < -0.4 is 5.32 Å². The highest BCUT2D eigenvalue weighted by Crippen LogP contribution is 2.27. The van der Waals surface area contributed by atoms with Crippen molar-refractivity contribution in [3.8, 4) is 11.4 Å². The Bertz CT molecular complexity index is 765. The predicted molar refractivity (Wildman–Crippen MR) is 111 cm³/mol. The Hall–Kier alpha value is -1.82. The number of rotatable bonds is 7. The van der Waals surface area contributed by atoms with Crippen molar-refractivity contribution in [3.63, 3.8) is 0 Å². The lowest BCUT2D eigenvalue weighted by Crippen LogP contribution is -2.38. The van der Waals surface area contributed by atoms with Gasteiger partial charge in [-0.2, -0.15) is 0 Å². The maximum absolute atomic E-state index is 12.4. The Kier molecular flexibility index (Phi) is 6.94. The van der Waals surface area contributed by atoms with E-state index in [1.165, 1.54) is 36.6 Å². The van der Waals surface area contributed by atoms with E-state index in [2.05, 4.69) is 59.1 Å². The second-order valence-electron chi connectivity index (χ2n) is 7.40. The van der Waals surface area contributed by atoms with Crippen LogP contribution in [0.1, 0.15) is 51.5 Å². The molecule has 0 aliphatic heterocycles. The molecule has 1 amide bonds. The number of amides is 1. The number of thioether (sulfide) groups is 1. The maximum atomic E-state index is 12.4. The van der Waals surface area contributed by atoms with Gasteiger partial charge in [0.1, 0.15) is 0 Å². The van der Waals surface area contributed by atoms with Crippen molar-refractivity contribution in [2.75, 3.05) is 5.75 Å². The molecule has 1 aliphatic rings. The Morgan fingerprint density at radius 1 is 1.22 bits per heavy atom. The zero-order valence-electron chi connectivity index (χ0n) is 16.6. The average Bonchev–Trinajstić information content (AvgIpc) is 3.10. The van der Waals surface area contributed by atoms with Gasteiger partial charge in [0.05, 0.1) is 5.75 Å². The SMILES string of the molecule is CCC1CCC(NC(=O)CSc2nnc(-c3cccc(C)c3)n2CC)CC1. The fourth-order valence-electron chi connectivity index (χ4n) is 3.79. The van der Waals surface area contributed by atoms with Gasteiger partial charge < -0.3 is 9.88 Å². The van der Waals surface area contributed by atoms with E-state index in [1.54, 1.807) is 0 Å². The van der Waals surface area contributed by atoms with Gasteiger partial charge in [-0.05, 0) is 51.5 Å². The van der Waals surface area contributed by atoms with Gasteiger partial charge in [-0.25, -0.2) is 0 Å². The summed E-state index contributed by atoms with van der Waals surface area (Å²) in [7, 11) is 0. The number of aryl methyl sites for hydroxylation is 1. The molecule has 1 heterocycles. The molecule has 1 aromatic carbocycles. The largest absolute Gasteiger partial charge is 0.353 e. The molecule has 1 N–H and O–H groups in total. The molecule has 2 aromatic rings. The molecule has 6 heteroatoms. The van der Waals surface area contributed by atoms with Crippen molar-refractivity contribution in [3.05, 3.63) is 29.8 Å². The lowest BCUT2D eigenvalue weighted by atomic mass is 9.84. The molecule has 0 spiro atoms. The highest BCUT2D eigenvalue weighted by molar-refractivity contribution is 7.99. The Morgan fingerprint density at radius 3 is 2.67 bits per heavy atom. The molecular weight excluding hydrogens is 356 g/mol. The highest BCUT2D eigenvalue weighted by Gasteiger charge is 2.22. The number of nitrogens with zero attached hydrogens (tertiary/aromatic N) is 3. The number of nitrogens with one attached hydrogen (secondary N) is 1. The first-order valence-electron chi connectivity index (χ1n) is 10.0. The molecule has 1 aliphatic carbocycles. The first-order chi connectivity index (χ1) is 13.1. The lowest BCUT2D eigenvalue weighted by Gasteiger charge is -2.28. The van der Waals surface area contributed by atoms with Crippen molar-refractivity contribution < 1.29 is 4.79 Å².